The van der Waals surface area contributed by atoms with Gasteiger partial charge in [-0.2, -0.15) is 25.3 Å². The average molecular weight is 335 g/mol. The molecule has 0 unspecified atom stereocenters. The monoisotopic (exact) mass is 334 g/mol. The van der Waals surface area contributed by atoms with Gasteiger partial charge in [-0.05, 0) is 6.92 Å². The quantitative estimate of drug-likeness (QED) is 0.196. The maximum absolute atomic E-state index is 11.8. The van der Waals surface area contributed by atoms with Crippen LogP contribution >= 0.6 is 50.5 Å². The number of hydrogen-bond acceptors (Lipinski definition) is 9. The van der Waals surface area contributed by atoms with Crippen molar-refractivity contribution in [2.24, 2.45) is 5.41 Å². The lowest BCUT2D eigenvalue weighted by Crippen LogP contribution is -2.46. The van der Waals surface area contributed by atoms with Crippen LogP contribution in [0.5, 0.6) is 0 Å². The standard InChI is InChI=1S/C9H18O5S4/c1-7(15,16)9(17,18)6(13)14-5-8(2-10,3-11)4-12/h10-12,15-18H,2-5H2,1H3. The summed E-state index contributed by atoms with van der Waals surface area (Å²) in [6, 6.07) is 0. The molecule has 0 heterocycles. The maximum atomic E-state index is 11.8. The fourth-order valence-corrected chi connectivity index (χ4v) is 1.11. The van der Waals surface area contributed by atoms with Gasteiger partial charge in [-0.1, -0.05) is 0 Å². The van der Waals surface area contributed by atoms with Crippen molar-refractivity contribution in [1.82, 2.24) is 0 Å². The molecule has 0 aliphatic carbocycles. The summed E-state index contributed by atoms with van der Waals surface area (Å²) in [5.74, 6) is -0.832. The molecule has 3 N–H and O–H groups in total. The lowest BCUT2D eigenvalue weighted by molar-refractivity contribution is -0.151. The topological polar surface area (TPSA) is 87.0 Å². The average Bonchev–Trinajstić information content (AvgIpc) is 2.29. The molecule has 18 heavy (non-hydrogen) atoms. The number of aliphatic hydroxyl groups excluding tert-OH is 3. The van der Waals surface area contributed by atoms with Crippen molar-refractivity contribution in [2.75, 3.05) is 26.4 Å². The van der Waals surface area contributed by atoms with E-state index < -0.39 is 39.4 Å². The van der Waals surface area contributed by atoms with Crippen molar-refractivity contribution in [3.05, 3.63) is 0 Å². The van der Waals surface area contributed by atoms with Gasteiger partial charge in [0.05, 0.1) is 29.3 Å². The van der Waals surface area contributed by atoms with Crippen LogP contribution in [-0.2, 0) is 9.53 Å². The Balaban J connectivity index is 4.70. The van der Waals surface area contributed by atoms with E-state index in [1.165, 1.54) is 6.92 Å². The van der Waals surface area contributed by atoms with E-state index in [-0.39, 0.29) is 6.61 Å². The first kappa shape index (κ1) is 18.8. The highest BCUT2D eigenvalue weighted by atomic mass is 32.2. The minimum Gasteiger partial charge on any atom is -0.463 e. The van der Waals surface area contributed by atoms with Crippen LogP contribution in [0.4, 0.5) is 0 Å². The number of esters is 1. The summed E-state index contributed by atoms with van der Waals surface area (Å²) in [6.07, 6.45) is 0. The van der Waals surface area contributed by atoms with Crippen LogP contribution in [0.2, 0.25) is 0 Å². The Morgan fingerprint density at radius 2 is 1.44 bits per heavy atom. The highest BCUT2D eigenvalue weighted by molar-refractivity contribution is 8.09. The number of ether oxygens (including phenoxy) is 1. The van der Waals surface area contributed by atoms with Gasteiger partial charge < -0.3 is 20.1 Å². The minimum absolute atomic E-state index is 0.365. The van der Waals surface area contributed by atoms with E-state index in [9.17, 15) is 4.79 Å². The molecule has 0 aliphatic rings. The molecule has 0 amide bonds. The lowest BCUT2D eigenvalue weighted by atomic mass is 9.93. The minimum atomic E-state index is -1.58. The second-order valence-corrected chi connectivity index (χ2v) is 8.08. The molecule has 0 spiro atoms. The molecule has 9 heteroatoms. The van der Waals surface area contributed by atoms with Gasteiger partial charge in [0.1, 0.15) is 6.61 Å². The summed E-state index contributed by atoms with van der Waals surface area (Å²) >= 11 is 16.2. The summed E-state index contributed by atoms with van der Waals surface area (Å²) in [6.45, 7) is -0.441. The Hall–Kier alpha value is 0.750. The normalized spacial score (nSPS) is 13.6. The molecule has 0 aromatic heterocycles. The number of rotatable bonds is 7. The van der Waals surface area contributed by atoms with Gasteiger partial charge in [0.25, 0.3) is 0 Å². The van der Waals surface area contributed by atoms with E-state index in [0.717, 1.165) is 0 Å². The van der Waals surface area contributed by atoms with Crippen molar-refractivity contribution < 1.29 is 24.9 Å². The molecular formula is C9H18O5S4. The lowest BCUT2D eigenvalue weighted by Gasteiger charge is -2.34. The first-order valence-corrected chi connectivity index (χ1v) is 6.74. The van der Waals surface area contributed by atoms with Gasteiger partial charge in [0.15, 0.2) is 4.08 Å². The summed E-state index contributed by atoms with van der Waals surface area (Å²) in [5, 5.41) is 27.2. The molecule has 0 aliphatic heterocycles. The van der Waals surface area contributed by atoms with Crippen molar-refractivity contribution in [2.45, 2.75) is 15.1 Å². The van der Waals surface area contributed by atoms with E-state index in [1.54, 1.807) is 0 Å². The predicted molar refractivity (Wildman–Crippen MR) is 81.7 cm³/mol. The largest absolute Gasteiger partial charge is 0.463 e. The van der Waals surface area contributed by atoms with E-state index in [4.69, 9.17) is 20.1 Å². The van der Waals surface area contributed by atoms with Gasteiger partial charge >= 0.3 is 5.97 Å². The summed E-state index contributed by atoms with van der Waals surface area (Å²) in [4.78, 5) is 11.8. The van der Waals surface area contributed by atoms with Crippen molar-refractivity contribution >= 4 is 56.5 Å². The van der Waals surface area contributed by atoms with E-state index >= 15 is 0 Å². The van der Waals surface area contributed by atoms with Crippen LogP contribution < -0.4 is 0 Å². The maximum Gasteiger partial charge on any atom is 0.334 e. The molecule has 108 valence electrons. The third-order valence-electron chi connectivity index (χ3n) is 2.46. The Labute approximate surface area is 128 Å². The Bertz CT molecular complexity index is 277. The first-order chi connectivity index (χ1) is 8.06. The van der Waals surface area contributed by atoms with Crippen LogP contribution in [0.1, 0.15) is 6.92 Å². The predicted octanol–water partition coefficient (Wildman–Crippen LogP) is -0.375. The van der Waals surface area contributed by atoms with Crippen LogP contribution in [0, 0.1) is 5.41 Å². The van der Waals surface area contributed by atoms with Crippen LogP contribution in [0.15, 0.2) is 0 Å². The molecule has 0 radical (unpaired) electrons. The van der Waals surface area contributed by atoms with E-state index in [2.05, 4.69) is 50.5 Å². The van der Waals surface area contributed by atoms with Crippen molar-refractivity contribution in [1.29, 1.82) is 0 Å². The second-order valence-electron chi connectivity index (χ2n) is 4.24. The number of carbonyl (C=O) groups excluding carboxylic acids is 1. The fraction of sp³-hybridized carbons (Fsp3) is 0.889. The summed E-state index contributed by atoms with van der Waals surface area (Å²) in [7, 11) is 0. The zero-order valence-corrected chi connectivity index (χ0v) is 13.4. The third-order valence-corrected chi connectivity index (χ3v) is 5.10. The molecule has 0 aromatic rings. The molecule has 0 rings (SSSR count). The number of aliphatic hydroxyl groups is 3. The van der Waals surface area contributed by atoms with Crippen LogP contribution in [0.25, 0.3) is 0 Å². The SMILES string of the molecule is CC(S)(S)C(S)(S)C(=O)OCC(CO)(CO)CO. The van der Waals surface area contributed by atoms with Gasteiger partial charge in [0, 0.05) is 0 Å². The molecule has 0 bridgehead atoms. The van der Waals surface area contributed by atoms with Gasteiger partial charge in [-0.25, -0.2) is 4.79 Å². The zero-order valence-electron chi connectivity index (χ0n) is 9.78. The zero-order chi connectivity index (χ0) is 14.6. The number of thiol groups is 4. The molecule has 0 saturated heterocycles. The fourth-order valence-electron chi connectivity index (χ4n) is 0.800. The van der Waals surface area contributed by atoms with Crippen LogP contribution in [-0.4, -0.2) is 55.9 Å². The Morgan fingerprint density at radius 3 is 1.72 bits per heavy atom. The molecule has 0 saturated carbocycles. The van der Waals surface area contributed by atoms with Gasteiger partial charge in [-0.3, -0.25) is 0 Å². The van der Waals surface area contributed by atoms with Gasteiger partial charge in [0.2, 0.25) is 0 Å². The smallest absolute Gasteiger partial charge is 0.334 e. The van der Waals surface area contributed by atoms with E-state index in [1.807, 2.05) is 0 Å². The molecule has 0 fully saturated rings. The highest BCUT2D eigenvalue weighted by Gasteiger charge is 2.46. The van der Waals surface area contributed by atoms with Crippen molar-refractivity contribution in [3.63, 3.8) is 0 Å². The van der Waals surface area contributed by atoms with Crippen LogP contribution in [0.3, 0.4) is 0 Å². The second kappa shape index (κ2) is 6.96. The summed E-state index contributed by atoms with van der Waals surface area (Å²) < 4.78 is 2.17. The van der Waals surface area contributed by atoms with Gasteiger partial charge in [-0.15, -0.1) is 25.3 Å². The number of hydrogen-bond donors (Lipinski definition) is 7. The first-order valence-electron chi connectivity index (χ1n) is 4.95. The molecule has 0 aromatic carbocycles. The molecular weight excluding hydrogens is 316 g/mol. The van der Waals surface area contributed by atoms with Crippen molar-refractivity contribution in [3.8, 4) is 0 Å². The molecule has 0 atom stereocenters. The Morgan fingerprint density at radius 1 is 1.06 bits per heavy atom. The number of carbonyl (C=O) groups is 1. The summed E-state index contributed by atoms with van der Waals surface area (Å²) in [5.41, 5.74) is -1.29. The highest BCUT2D eigenvalue weighted by Crippen LogP contribution is 2.41. The molecule has 5 nitrogen and oxygen atoms in total. The third kappa shape index (κ3) is 4.39. The Kier molecular flexibility index (Phi) is 7.25. The van der Waals surface area contributed by atoms with E-state index in [0.29, 0.717) is 0 Å².